The van der Waals surface area contributed by atoms with E-state index in [1.54, 1.807) is 23.7 Å². The third-order valence-corrected chi connectivity index (χ3v) is 6.76. The van der Waals surface area contributed by atoms with Crippen molar-refractivity contribution >= 4 is 57.7 Å². The van der Waals surface area contributed by atoms with E-state index in [4.69, 9.17) is 9.47 Å². The van der Waals surface area contributed by atoms with Gasteiger partial charge in [-0.25, -0.2) is 8.42 Å². The van der Waals surface area contributed by atoms with Crippen LogP contribution in [0.3, 0.4) is 0 Å². The molecule has 2 heterocycles. The Morgan fingerprint density at radius 2 is 1.64 bits per heavy atom. The zero-order valence-corrected chi connectivity index (χ0v) is 26.6. The Labute approximate surface area is 257 Å². The number of aromatic nitrogens is 2. The number of hydrogen-bond acceptors (Lipinski definition) is 9. The van der Waals surface area contributed by atoms with Crippen molar-refractivity contribution in [2.24, 2.45) is 7.05 Å². The molecular weight excluding hydrogens is 555 g/mol. The fourth-order valence-electron chi connectivity index (χ4n) is 3.50. The summed E-state index contributed by atoms with van der Waals surface area (Å²) in [5.41, 5.74) is 1.38. The van der Waals surface area contributed by atoms with Crippen molar-refractivity contribution in [3.63, 3.8) is 0 Å². The van der Waals surface area contributed by atoms with Gasteiger partial charge in [0.25, 0.3) is 10.0 Å². The summed E-state index contributed by atoms with van der Waals surface area (Å²) in [4.78, 5) is 25.9. The van der Waals surface area contributed by atoms with Gasteiger partial charge in [-0.05, 0) is 36.4 Å². The van der Waals surface area contributed by atoms with Gasteiger partial charge in [-0.3, -0.25) is 4.72 Å². The molecule has 0 amide bonds. The molecule has 0 bridgehead atoms. The molecule has 0 aliphatic rings. The van der Waals surface area contributed by atoms with Crippen molar-refractivity contribution in [3.05, 3.63) is 48.5 Å². The van der Waals surface area contributed by atoms with Gasteiger partial charge in [0.2, 0.25) is 11.8 Å². The summed E-state index contributed by atoms with van der Waals surface area (Å²) < 4.78 is 55.9. The summed E-state index contributed by atoms with van der Waals surface area (Å²) in [6.45, 7) is 0. The molecule has 36 heavy (non-hydrogen) atoms. The predicted octanol–water partition coefficient (Wildman–Crippen LogP) is -3.82. The number of sulfonamides is 1. The summed E-state index contributed by atoms with van der Waals surface area (Å²) in [6, 6.07) is 11.8. The van der Waals surface area contributed by atoms with E-state index >= 15 is 0 Å². The van der Waals surface area contributed by atoms with Crippen LogP contribution in [0.2, 0.25) is 0 Å². The van der Waals surface area contributed by atoms with E-state index in [1.165, 1.54) is 50.6 Å². The molecule has 0 fully saturated rings. The minimum Gasteiger partial charge on any atom is -0.780 e. The first kappa shape index (κ1) is 33.0. The molecule has 0 atom stereocenters. The SMILES string of the molecule is COc1ccc(NS(=O)(=O)c2ccc3c(c2)c2ccc(OP(=O)([O-])[O-])cc2n3C)c(OC)n1.Cl.[Na+].[Na+]. The van der Waals surface area contributed by atoms with Crippen molar-refractivity contribution in [3.8, 4) is 17.5 Å². The second-order valence-corrected chi connectivity index (χ2v) is 9.73. The first-order valence-corrected chi connectivity index (χ1v) is 12.3. The summed E-state index contributed by atoms with van der Waals surface area (Å²) in [7, 11) is -4.71. The molecular formula is C20H19ClN3Na2O8PS. The maximum atomic E-state index is 13.1. The Bertz CT molecular complexity index is 1550. The third kappa shape index (κ3) is 6.89. The van der Waals surface area contributed by atoms with E-state index in [-0.39, 0.29) is 99.6 Å². The van der Waals surface area contributed by atoms with Crippen molar-refractivity contribution in [2.75, 3.05) is 18.9 Å². The molecule has 16 heteroatoms. The number of ether oxygens (including phenoxy) is 2. The first-order chi connectivity index (χ1) is 15.5. The summed E-state index contributed by atoms with van der Waals surface area (Å²) in [6.07, 6.45) is 0. The Balaban J connectivity index is 0.00000216. The minimum atomic E-state index is -5.21. The van der Waals surface area contributed by atoms with Crippen LogP contribution in [0.5, 0.6) is 17.5 Å². The molecule has 0 unspecified atom stereocenters. The number of nitrogens with zero attached hydrogens (tertiary/aromatic N) is 2. The number of phosphoric ester groups is 1. The third-order valence-electron chi connectivity index (χ3n) is 4.96. The van der Waals surface area contributed by atoms with E-state index in [0.29, 0.717) is 21.8 Å². The van der Waals surface area contributed by atoms with Crippen LogP contribution < -0.4 is 87.6 Å². The average molecular weight is 574 g/mol. The number of halogens is 1. The predicted molar refractivity (Wildman–Crippen MR) is 124 cm³/mol. The number of nitrogens with one attached hydrogen (secondary N) is 1. The van der Waals surface area contributed by atoms with Crippen LogP contribution in [-0.2, 0) is 21.6 Å². The molecule has 0 aliphatic carbocycles. The number of benzene rings is 2. The molecule has 0 radical (unpaired) electrons. The maximum Gasteiger partial charge on any atom is 1.00 e. The summed E-state index contributed by atoms with van der Waals surface area (Å²) in [5.74, 6) is 0.182. The van der Waals surface area contributed by atoms with E-state index < -0.39 is 17.8 Å². The van der Waals surface area contributed by atoms with Gasteiger partial charge < -0.3 is 32.9 Å². The summed E-state index contributed by atoms with van der Waals surface area (Å²) >= 11 is 0. The van der Waals surface area contributed by atoms with Gasteiger partial charge in [-0.1, -0.05) is 0 Å². The van der Waals surface area contributed by atoms with Gasteiger partial charge in [0, 0.05) is 35.5 Å². The molecule has 182 valence electrons. The topological polar surface area (TPSA) is 155 Å². The number of phosphoric acid groups is 1. The van der Waals surface area contributed by atoms with Crippen molar-refractivity contribution in [2.45, 2.75) is 4.90 Å². The Hall–Kier alpha value is -1.02. The smallest absolute Gasteiger partial charge is 0.780 e. The molecule has 4 aromatic rings. The largest absolute Gasteiger partial charge is 1.00 e. The van der Waals surface area contributed by atoms with Gasteiger partial charge in [0.15, 0.2) is 0 Å². The van der Waals surface area contributed by atoms with Crippen LogP contribution in [0.15, 0.2) is 53.4 Å². The zero-order valence-electron chi connectivity index (χ0n) is 20.0. The van der Waals surface area contributed by atoms with Crippen LogP contribution in [0.25, 0.3) is 21.8 Å². The molecule has 0 saturated carbocycles. The van der Waals surface area contributed by atoms with Crippen LogP contribution in [-0.4, -0.2) is 32.2 Å². The van der Waals surface area contributed by atoms with Crippen LogP contribution >= 0.6 is 20.2 Å². The van der Waals surface area contributed by atoms with Gasteiger partial charge in [0.1, 0.15) is 19.3 Å². The number of rotatable bonds is 7. The van der Waals surface area contributed by atoms with Crippen molar-refractivity contribution in [1.82, 2.24) is 9.55 Å². The number of fused-ring (bicyclic) bond motifs is 3. The molecule has 4 rings (SSSR count). The molecule has 0 saturated heterocycles. The molecule has 0 spiro atoms. The van der Waals surface area contributed by atoms with E-state index in [1.807, 2.05) is 0 Å². The van der Waals surface area contributed by atoms with E-state index in [9.17, 15) is 22.8 Å². The molecule has 11 nitrogen and oxygen atoms in total. The molecule has 2 aromatic carbocycles. The van der Waals surface area contributed by atoms with E-state index in [2.05, 4.69) is 14.2 Å². The number of methoxy groups -OCH3 is 2. The number of aryl methyl sites for hydroxylation is 1. The Morgan fingerprint density at radius 1 is 0.944 bits per heavy atom. The standard InChI is InChI=1S/C20H20N3O8PS.ClH.2Na/c1-23-17-8-5-13(33(27,28)22-16-7-9-19(29-2)21-20(16)30-3)11-15(17)14-6-4-12(10-18(14)23)31-32(24,25)26;;;/h4-11,22H,1-3H3,(H2,24,25,26);1H;;/q;;2*+1/p-2. The fourth-order valence-corrected chi connectivity index (χ4v) is 4.95. The number of pyridine rings is 1. The summed E-state index contributed by atoms with van der Waals surface area (Å²) in [5, 5.41) is 1.25. The normalized spacial score (nSPS) is 11.1. The van der Waals surface area contributed by atoms with Crippen LogP contribution in [0, 0.1) is 0 Å². The van der Waals surface area contributed by atoms with Gasteiger partial charge in [0.05, 0.1) is 24.6 Å². The van der Waals surface area contributed by atoms with Gasteiger partial charge in [-0.2, -0.15) is 4.98 Å². The average Bonchev–Trinajstić information content (AvgIpc) is 3.04. The van der Waals surface area contributed by atoms with Crippen molar-refractivity contribution < 1.29 is 95.9 Å². The maximum absolute atomic E-state index is 13.1. The Kier molecular flexibility index (Phi) is 11.6. The Morgan fingerprint density at radius 3 is 2.25 bits per heavy atom. The molecule has 1 N–H and O–H groups in total. The van der Waals surface area contributed by atoms with Gasteiger partial charge in [-0.15, -0.1) is 12.4 Å². The van der Waals surface area contributed by atoms with Gasteiger partial charge >= 0.3 is 59.1 Å². The number of anilines is 1. The van der Waals surface area contributed by atoms with Crippen molar-refractivity contribution in [1.29, 1.82) is 0 Å². The second kappa shape index (κ2) is 12.7. The molecule has 2 aromatic heterocycles. The second-order valence-electron chi connectivity index (χ2n) is 6.97. The van der Waals surface area contributed by atoms with Crippen LogP contribution in [0.4, 0.5) is 5.69 Å². The zero-order chi connectivity index (χ0) is 24.0. The number of hydrogen-bond donors (Lipinski definition) is 1. The minimum absolute atomic E-state index is 0. The monoisotopic (exact) mass is 573 g/mol. The quantitative estimate of drug-likeness (QED) is 0.173. The fraction of sp³-hybridized carbons (Fsp3) is 0.150. The first-order valence-electron chi connectivity index (χ1n) is 9.38. The van der Waals surface area contributed by atoms with Crippen LogP contribution in [0.1, 0.15) is 0 Å². The van der Waals surface area contributed by atoms with E-state index in [0.717, 1.165) is 0 Å². The molecule has 0 aliphatic heterocycles.